The minimum atomic E-state index is -4.40. The Hall–Kier alpha value is -5.30. The van der Waals surface area contributed by atoms with Crippen LogP contribution in [0.3, 0.4) is 0 Å². The molecule has 0 N–H and O–H groups in total. The zero-order chi connectivity index (χ0) is 45.8. The van der Waals surface area contributed by atoms with Crippen molar-refractivity contribution in [1.29, 1.82) is 0 Å². The Balaban J connectivity index is 0.000000197. The van der Waals surface area contributed by atoms with E-state index in [1.807, 2.05) is 79.7 Å². The molecule has 0 spiro atoms. The molecule has 4 heteroatoms. The molecule has 0 aromatic heterocycles. The Labute approximate surface area is 390 Å². The van der Waals surface area contributed by atoms with Crippen molar-refractivity contribution in [3.63, 3.8) is 0 Å². The average Bonchev–Trinajstić information content (AvgIpc) is 3.27. The first-order valence-electron chi connectivity index (χ1n) is 22.3. The molecule has 8 aromatic carbocycles. The van der Waals surface area contributed by atoms with Crippen LogP contribution in [-0.4, -0.2) is 44.4 Å². The van der Waals surface area contributed by atoms with Gasteiger partial charge in [-0.15, -0.1) is 0 Å². The summed E-state index contributed by atoms with van der Waals surface area (Å²) in [6.45, 7) is 21.8. The Morgan fingerprint density at radius 3 is 0.891 bits per heavy atom. The van der Waals surface area contributed by atoms with Gasteiger partial charge < -0.3 is 0 Å². The van der Waals surface area contributed by atoms with Gasteiger partial charge in [-0.3, -0.25) is 0 Å². The van der Waals surface area contributed by atoms with Gasteiger partial charge in [0.2, 0.25) is 0 Å². The fraction of sp³-hybridized carbons (Fsp3) is 0.167. The SMILES string of the molecule is Cc1cc(C)[c]([Sn]([C](=O)c2ccccc2)([c]2c(C)cc(C)cc2C)[c]2c(C)cc(C)cc2C)c(C)c1.Cc1ccccc1[C](=O)[Sn]([c]1ccccc1)([c]1ccccc1)[c]1ccccc1. The van der Waals surface area contributed by atoms with E-state index in [9.17, 15) is 4.79 Å². The summed E-state index contributed by atoms with van der Waals surface area (Å²) in [5.41, 5.74) is 13.9. The molecule has 320 valence electrons. The van der Waals surface area contributed by atoms with Crippen LogP contribution >= 0.6 is 0 Å². The molecule has 0 fully saturated rings. The van der Waals surface area contributed by atoms with E-state index < -0.39 is 36.8 Å². The van der Waals surface area contributed by atoms with Crippen LogP contribution in [0.2, 0.25) is 0 Å². The third-order valence-corrected chi connectivity index (χ3v) is 41.8. The first-order valence-corrected chi connectivity index (χ1v) is 33.8. The van der Waals surface area contributed by atoms with Gasteiger partial charge in [0.1, 0.15) is 0 Å². The third kappa shape index (κ3) is 8.76. The van der Waals surface area contributed by atoms with E-state index >= 15 is 4.79 Å². The number of hydrogen-bond acceptors (Lipinski definition) is 2. The van der Waals surface area contributed by atoms with E-state index in [1.54, 1.807) is 0 Å². The monoisotopic (exact) mass is 1050 g/mol. The number of carbonyl (C=O) groups excluding carboxylic acids is 2. The van der Waals surface area contributed by atoms with E-state index in [1.165, 1.54) is 71.5 Å². The molecule has 0 unspecified atom stereocenters. The van der Waals surface area contributed by atoms with Crippen LogP contribution in [0, 0.1) is 69.2 Å². The van der Waals surface area contributed by atoms with E-state index in [4.69, 9.17) is 0 Å². The second-order valence-electron chi connectivity index (χ2n) is 17.8. The fourth-order valence-electron chi connectivity index (χ4n) is 10.8. The number of carbonyl (C=O) groups is 2. The number of hydrogen-bond donors (Lipinski definition) is 0. The Morgan fingerprint density at radius 2 is 0.578 bits per heavy atom. The van der Waals surface area contributed by atoms with Crippen LogP contribution in [0.15, 0.2) is 182 Å². The summed E-state index contributed by atoms with van der Waals surface area (Å²) in [6, 6.07) is 63.0. The van der Waals surface area contributed by atoms with Gasteiger partial charge >= 0.3 is 393 Å². The van der Waals surface area contributed by atoms with Gasteiger partial charge in [-0.1, -0.05) is 0 Å². The summed E-state index contributed by atoms with van der Waals surface area (Å²) < 4.78 is 8.13. The maximum absolute atomic E-state index is 15.3. The molecule has 8 rings (SSSR count). The van der Waals surface area contributed by atoms with E-state index in [0.717, 1.165) is 16.7 Å². The van der Waals surface area contributed by atoms with Crippen molar-refractivity contribution in [3.8, 4) is 0 Å². The molecular weight excluding hydrogens is 990 g/mol. The zero-order valence-corrected chi connectivity index (χ0v) is 44.8. The summed E-state index contributed by atoms with van der Waals surface area (Å²) in [4.78, 5) is 29.7. The van der Waals surface area contributed by atoms with Crippen LogP contribution < -0.4 is 21.5 Å². The topological polar surface area (TPSA) is 34.1 Å². The van der Waals surface area contributed by atoms with Gasteiger partial charge in [-0.25, -0.2) is 0 Å². The minimum absolute atomic E-state index is 0.302. The van der Waals surface area contributed by atoms with Gasteiger partial charge in [0.05, 0.1) is 0 Å². The van der Waals surface area contributed by atoms with Gasteiger partial charge in [-0.05, 0) is 0 Å². The number of rotatable bonds is 10. The fourth-order valence-corrected chi connectivity index (χ4v) is 41.0. The van der Waals surface area contributed by atoms with Crippen LogP contribution in [0.25, 0.3) is 0 Å². The summed E-state index contributed by atoms with van der Waals surface area (Å²) in [5, 5.41) is 0. The maximum atomic E-state index is 15.3. The Kier molecular flexibility index (Phi) is 14.5. The van der Waals surface area contributed by atoms with Crippen molar-refractivity contribution in [2.45, 2.75) is 69.2 Å². The van der Waals surface area contributed by atoms with Crippen molar-refractivity contribution >= 4 is 65.8 Å². The van der Waals surface area contributed by atoms with Crippen LogP contribution in [0.1, 0.15) is 76.4 Å². The molecule has 2 nitrogen and oxygen atoms in total. The van der Waals surface area contributed by atoms with Gasteiger partial charge in [0.15, 0.2) is 0 Å². The zero-order valence-electron chi connectivity index (χ0n) is 39.1. The van der Waals surface area contributed by atoms with Crippen molar-refractivity contribution in [3.05, 3.63) is 249 Å². The van der Waals surface area contributed by atoms with Crippen molar-refractivity contribution in [2.24, 2.45) is 0 Å². The third-order valence-electron chi connectivity index (χ3n) is 12.9. The summed E-state index contributed by atoms with van der Waals surface area (Å²) in [6.07, 6.45) is 0. The first kappa shape index (κ1) is 46.7. The predicted octanol–water partition coefficient (Wildman–Crippen LogP) is 10.2. The van der Waals surface area contributed by atoms with Gasteiger partial charge in [0.25, 0.3) is 0 Å². The molecular formula is C60H60O2Sn2. The van der Waals surface area contributed by atoms with Gasteiger partial charge in [0, 0.05) is 0 Å². The Bertz CT molecular complexity index is 2650. The van der Waals surface area contributed by atoms with Crippen molar-refractivity contribution < 1.29 is 9.59 Å². The molecule has 0 radical (unpaired) electrons. The molecule has 64 heavy (non-hydrogen) atoms. The summed E-state index contributed by atoms with van der Waals surface area (Å²) >= 11 is -8.38. The summed E-state index contributed by atoms with van der Waals surface area (Å²) in [7, 11) is 0. The van der Waals surface area contributed by atoms with Gasteiger partial charge in [-0.2, -0.15) is 0 Å². The molecule has 0 bridgehead atoms. The van der Waals surface area contributed by atoms with Crippen molar-refractivity contribution in [1.82, 2.24) is 0 Å². The van der Waals surface area contributed by atoms with Crippen LogP contribution in [-0.2, 0) is 0 Å². The second kappa shape index (κ2) is 19.8. The molecule has 0 heterocycles. The molecule has 0 saturated heterocycles. The molecule has 0 amide bonds. The molecule has 0 aliphatic heterocycles. The number of benzene rings is 8. The van der Waals surface area contributed by atoms with Crippen LogP contribution in [0.5, 0.6) is 0 Å². The van der Waals surface area contributed by atoms with Crippen LogP contribution in [0.4, 0.5) is 0 Å². The van der Waals surface area contributed by atoms with E-state index in [0.29, 0.717) is 7.60 Å². The predicted molar refractivity (Wildman–Crippen MR) is 277 cm³/mol. The summed E-state index contributed by atoms with van der Waals surface area (Å²) in [5.74, 6) is 0. The second-order valence-corrected chi connectivity index (χ2v) is 38.1. The standard InChI is InChI=1S/3C9H11.C8H7O.C7H5O.3C6H5.2Sn/c3*1-7-4-8(2)6-9(3)5-7;1-7-4-2-3-5-8(7)6-9;8-6-7-4-2-1-3-5-7;3*1-2-4-6-5-3-1;;/h3*4-5H,1-3H3;2-5H,1H3;1-5H;3*1-5H;;. The Morgan fingerprint density at radius 1 is 0.297 bits per heavy atom. The van der Waals surface area contributed by atoms with E-state index in [-0.39, 0.29) is 0 Å². The van der Waals surface area contributed by atoms with E-state index in [2.05, 4.69) is 172 Å². The quantitative estimate of drug-likeness (QED) is 0.128. The van der Waals surface area contributed by atoms with Crippen molar-refractivity contribution in [2.75, 3.05) is 0 Å². The molecule has 0 aliphatic rings. The first-order chi connectivity index (χ1) is 30.7. The molecule has 0 atom stereocenters. The average molecular weight is 1050 g/mol. The molecule has 0 aliphatic carbocycles. The normalized spacial score (nSPS) is 11.4. The molecule has 0 saturated carbocycles. The molecule has 8 aromatic rings. The number of aryl methyl sites for hydroxylation is 10.